The van der Waals surface area contributed by atoms with Crippen molar-refractivity contribution in [1.29, 1.82) is 0 Å². The quantitative estimate of drug-likeness (QED) is 0.789. The normalized spacial score (nSPS) is 10.2. The van der Waals surface area contributed by atoms with Crippen LogP contribution in [0.25, 0.3) is 0 Å². The zero-order valence-corrected chi connectivity index (χ0v) is 8.56. The standard InChI is InChI=1S/C10H14O2S/c1-2-8-6-7-9(13-8)4-3-5-10(11)12/h6-7H,2-5H2,1H3,(H,11,12). The third kappa shape index (κ3) is 3.59. The Morgan fingerprint density at radius 2 is 2.15 bits per heavy atom. The molecular formula is C10H14O2S. The molecule has 1 N–H and O–H groups in total. The SMILES string of the molecule is CCc1ccc(CCCC(=O)O)s1. The summed E-state index contributed by atoms with van der Waals surface area (Å²) in [6.45, 7) is 2.13. The van der Waals surface area contributed by atoms with Crippen molar-refractivity contribution in [3.8, 4) is 0 Å². The van der Waals surface area contributed by atoms with Crippen LogP contribution in [-0.2, 0) is 17.6 Å². The van der Waals surface area contributed by atoms with Crippen molar-refractivity contribution in [3.63, 3.8) is 0 Å². The van der Waals surface area contributed by atoms with Gasteiger partial charge in [-0.3, -0.25) is 4.79 Å². The summed E-state index contributed by atoms with van der Waals surface area (Å²) in [5.41, 5.74) is 0. The van der Waals surface area contributed by atoms with Gasteiger partial charge in [-0.25, -0.2) is 0 Å². The highest BCUT2D eigenvalue weighted by Crippen LogP contribution is 2.18. The van der Waals surface area contributed by atoms with Gasteiger partial charge in [0.1, 0.15) is 0 Å². The number of aliphatic carboxylic acids is 1. The molecule has 1 aromatic rings. The van der Waals surface area contributed by atoms with E-state index in [1.54, 1.807) is 11.3 Å². The largest absolute Gasteiger partial charge is 0.481 e. The van der Waals surface area contributed by atoms with E-state index in [0.717, 1.165) is 19.3 Å². The molecule has 1 heterocycles. The lowest BCUT2D eigenvalue weighted by atomic mass is 10.2. The van der Waals surface area contributed by atoms with Gasteiger partial charge in [0.2, 0.25) is 0 Å². The van der Waals surface area contributed by atoms with E-state index in [-0.39, 0.29) is 6.42 Å². The molecule has 0 saturated carbocycles. The van der Waals surface area contributed by atoms with Crippen molar-refractivity contribution >= 4 is 17.3 Å². The predicted molar refractivity (Wildman–Crippen MR) is 54.3 cm³/mol. The molecule has 0 spiro atoms. The first-order valence-corrected chi connectivity index (χ1v) is 5.33. The van der Waals surface area contributed by atoms with Crippen LogP contribution in [0.3, 0.4) is 0 Å². The van der Waals surface area contributed by atoms with Crippen LogP contribution in [0, 0.1) is 0 Å². The van der Waals surface area contributed by atoms with Crippen LogP contribution >= 0.6 is 11.3 Å². The Balaban J connectivity index is 2.32. The molecule has 1 aromatic heterocycles. The van der Waals surface area contributed by atoms with Crippen molar-refractivity contribution in [2.45, 2.75) is 32.6 Å². The predicted octanol–water partition coefficient (Wildman–Crippen LogP) is 2.72. The molecule has 0 aromatic carbocycles. The maximum atomic E-state index is 10.3. The number of aryl methyl sites for hydroxylation is 2. The highest BCUT2D eigenvalue weighted by Gasteiger charge is 2.00. The Labute approximate surface area is 82.2 Å². The van der Waals surface area contributed by atoms with Crippen LogP contribution in [0.5, 0.6) is 0 Å². The molecule has 0 aliphatic rings. The van der Waals surface area contributed by atoms with E-state index >= 15 is 0 Å². The van der Waals surface area contributed by atoms with E-state index < -0.39 is 5.97 Å². The number of carboxylic acid groups (broad SMARTS) is 1. The molecule has 2 nitrogen and oxygen atoms in total. The molecule has 3 heteroatoms. The fourth-order valence-corrected chi connectivity index (χ4v) is 2.16. The lowest BCUT2D eigenvalue weighted by Gasteiger charge is -1.93. The second-order valence-electron chi connectivity index (χ2n) is 2.97. The number of rotatable bonds is 5. The molecule has 0 fully saturated rings. The third-order valence-electron chi connectivity index (χ3n) is 1.88. The first kappa shape index (κ1) is 10.3. The molecule has 13 heavy (non-hydrogen) atoms. The van der Waals surface area contributed by atoms with Gasteiger partial charge in [0.15, 0.2) is 0 Å². The van der Waals surface area contributed by atoms with E-state index in [2.05, 4.69) is 19.1 Å². The molecule has 0 atom stereocenters. The van der Waals surface area contributed by atoms with Crippen molar-refractivity contribution < 1.29 is 9.90 Å². The summed E-state index contributed by atoms with van der Waals surface area (Å²) in [4.78, 5) is 12.9. The summed E-state index contributed by atoms with van der Waals surface area (Å²) < 4.78 is 0. The van der Waals surface area contributed by atoms with Gasteiger partial charge < -0.3 is 5.11 Å². The Kier molecular flexibility index (Phi) is 3.96. The highest BCUT2D eigenvalue weighted by atomic mass is 32.1. The van der Waals surface area contributed by atoms with Crippen LogP contribution in [0.2, 0.25) is 0 Å². The number of carbonyl (C=O) groups is 1. The topological polar surface area (TPSA) is 37.3 Å². The second-order valence-corrected chi connectivity index (χ2v) is 4.22. The van der Waals surface area contributed by atoms with Crippen molar-refractivity contribution in [2.75, 3.05) is 0 Å². The third-order valence-corrected chi connectivity index (χ3v) is 3.17. The zero-order valence-electron chi connectivity index (χ0n) is 7.75. The van der Waals surface area contributed by atoms with E-state index in [4.69, 9.17) is 5.11 Å². The number of carboxylic acids is 1. The second kappa shape index (κ2) is 5.02. The van der Waals surface area contributed by atoms with E-state index in [1.165, 1.54) is 9.75 Å². The fourth-order valence-electron chi connectivity index (χ4n) is 1.16. The number of thiophene rings is 1. The summed E-state index contributed by atoms with van der Waals surface area (Å²) >= 11 is 1.79. The van der Waals surface area contributed by atoms with Gasteiger partial charge in [-0.05, 0) is 31.4 Å². The molecule has 0 aliphatic carbocycles. The minimum atomic E-state index is -0.702. The summed E-state index contributed by atoms with van der Waals surface area (Å²) in [5.74, 6) is -0.702. The van der Waals surface area contributed by atoms with Crippen LogP contribution < -0.4 is 0 Å². The van der Waals surface area contributed by atoms with Gasteiger partial charge in [-0.15, -0.1) is 11.3 Å². The molecule has 72 valence electrons. The molecule has 0 bridgehead atoms. The minimum absolute atomic E-state index is 0.277. The Bertz CT molecular complexity index is 278. The van der Waals surface area contributed by atoms with E-state index in [9.17, 15) is 4.79 Å². The minimum Gasteiger partial charge on any atom is -0.481 e. The molecule has 0 unspecified atom stereocenters. The van der Waals surface area contributed by atoms with Crippen LogP contribution in [-0.4, -0.2) is 11.1 Å². The number of hydrogen-bond donors (Lipinski definition) is 1. The number of hydrogen-bond acceptors (Lipinski definition) is 2. The van der Waals surface area contributed by atoms with Crippen molar-refractivity contribution in [1.82, 2.24) is 0 Å². The molecule has 0 radical (unpaired) electrons. The summed E-state index contributed by atoms with van der Waals surface area (Å²) in [6.07, 6.45) is 3.00. The van der Waals surface area contributed by atoms with Crippen molar-refractivity contribution in [3.05, 3.63) is 21.9 Å². The lowest BCUT2D eigenvalue weighted by Crippen LogP contribution is -1.94. The van der Waals surface area contributed by atoms with E-state index in [0.29, 0.717) is 0 Å². The molecule has 0 amide bonds. The van der Waals surface area contributed by atoms with Crippen LogP contribution in [0.1, 0.15) is 29.5 Å². The summed E-state index contributed by atoms with van der Waals surface area (Å²) in [6, 6.07) is 4.23. The van der Waals surface area contributed by atoms with Gasteiger partial charge in [0.25, 0.3) is 0 Å². The Morgan fingerprint density at radius 3 is 2.69 bits per heavy atom. The average Bonchev–Trinajstić information content (AvgIpc) is 2.52. The zero-order chi connectivity index (χ0) is 9.68. The molecule has 0 saturated heterocycles. The molecule has 1 rings (SSSR count). The lowest BCUT2D eigenvalue weighted by molar-refractivity contribution is -0.137. The van der Waals surface area contributed by atoms with Gasteiger partial charge >= 0.3 is 5.97 Å². The maximum Gasteiger partial charge on any atom is 0.303 e. The Morgan fingerprint density at radius 1 is 1.46 bits per heavy atom. The van der Waals surface area contributed by atoms with Crippen LogP contribution in [0.15, 0.2) is 12.1 Å². The smallest absolute Gasteiger partial charge is 0.303 e. The van der Waals surface area contributed by atoms with Gasteiger partial charge in [-0.2, -0.15) is 0 Å². The summed E-state index contributed by atoms with van der Waals surface area (Å²) in [5, 5.41) is 8.45. The van der Waals surface area contributed by atoms with Crippen LogP contribution in [0.4, 0.5) is 0 Å². The average molecular weight is 198 g/mol. The molecular weight excluding hydrogens is 184 g/mol. The van der Waals surface area contributed by atoms with Crippen molar-refractivity contribution in [2.24, 2.45) is 0 Å². The van der Waals surface area contributed by atoms with Gasteiger partial charge in [-0.1, -0.05) is 6.92 Å². The van der Waals surface area contributed by atoms with Gasteiger partial charge in [0.05, 0.1) is 0 Å². The Hall–Kier alpha value is -0.830. The summed E-state index contributed by atoms with van der Waals surface area (Å²) in [7, 11) is 0. The van der Waals surface area contributed by atoms with Gasteiger partial charge in [0, 0.05) is 16.2 Å². The monoisotopic (exact) mass is 198 g/mol. The fraction of sp³-hybridized carbons (Fsp3) is 0.500. The molecule has 0 aliphatic heterocycles. The van der Waals surface area contributed by atoms with E-state index in [1.807, 2.05) is 0 Å². The highest BCUT2D eigenvalue weighted by molar-refractivity contribution is 7.11. The maximum absolute atomic E-state index is 10.3. The first-order chi connectivity index (χ1) is 6.22. The first-order valence-electron chi connectivity index (χ1n) is 4.51.